The second kappa shape index (κ2) is 7.17. The Hall–Kier alpha value is -0.505. The number of carbonyl (C=O) groups excluding carboxylic acids is 1. The van der Waals surface area contributed by atoms with Crippen molar-refractivity contribution in [3.05, 3.63) is 0 Å². The molecule has 0 spiro atoms. The highest BCUT2D eigenvalue weighted by atomic mass is 16.2. The zero-order valence-electron chi connectivity index (χ0n) is 15.6. The second-order valence-corrected chi connectivity index (χ2v) is 8.76. The summed E-state index contributed by atoms with van der Waals surface area (Å²) in [6, 6.07) is 0.650. The molecular weight excluding hydrogens is 283 g/mol. The van der Waals surface area contributed by atoms with E-state index in [9.17, 15) is 4.79 Å². The van der Waals surface area contributed by atoms with Gasteiger partial charge in [-0.15, -0.1) is 0 Å². The summed E-state index contributed by atoms with van der Waals surface area (Å²) in [5, 5.41) is -0.126. The SMILES string of the molecule is [B]C1(CC)CCCCC2C(CCC(=O)N2C(C)C)CC(C)(N)C1. The first-order valence-corrected chi connectivity index (χ1v) is 9.56. The van der Waals surface area contributed by atoms with E-state index in [0.717, 1.165) is 51.4 Å². The van der Waals surface area contributed by atoms with Gasteiger partial charge in [-0.25, -0.2) is 0 Å². The van der Waals surface area contributed by atoms with Crippen LogP contribution in [0.4, 0.5) is 0 Å². The highest BCUT2D eigenvalue weighted by Crippen LogP contribution is 2.45. The summed E-state index contributed by atoms with van der Waals surface area (Å²) < 4.78 is 0. The van der Waals surface area contributed by atoms with E-state index in [1.807, 2.05) is 0 Å². The number of nitrogens with zero attached hydrogens (tertiary/aromatic N) is 1. The minimum atomic E-state index is -0.242. The summed E-state index contributed by atoms with van der Waals surface area (Å²) in [4.78, 5) is 14.6. The molecule has 0 aromatic carbocycles. The monoisotopic (exact) mass is 318 g/mol. The van der Waals surface area contributed by atoms with Crippen molar-refractivity contribution >= 4 is 13.8 Å². The Morgan fingerprint density at radius 1 is 1.35 bits per heavy atom. The van der Waals surface area contributed by atoms with E-state index in [2.05, 4.69) is 32.6 Å². The zero-order chi connectivity index (χ0) is 17.3. The lowest BCUT2D eigenvalue weighted by Gasteiger charge is -2.48. The quantitative estimate of drug-likeness (QED) is 0.787. The molecule has 1 heterocycles. The maximum Gasteiger partial charge on any atom is 0.223 e. The van der Waals surface area contributed by atoms with Crippen LogP contribution in [0.25, 0.3) is 0 Å². The van der Waals surface area contributed by atoms with Crippen LogP contribution >= 0.6 is 0 Å². The molecule has 130 valence electrons. The third-order valence-electron chi connectivity index (χ3n) is 6.09. The van der Waals surface area contributed by atoms with Gasteiger partial charge in [0.1, 0.15) is 0 Å². The highest BCUT2D eigenvalue weighted by molar-refractivity contribution is 6.15. The van der Waals surface area contributed by atoms with Gasteiger partial charge in [0.05, 0.1) is 7.85 Å². The molecule has 0 aromatic rings. The molecule has 23 heavy (non-hydrogen) atoms. The summed E-state index contributed by atoms with van der Waals surface area (Å²) in [5.74, 6) is 0.850. The molecule has 3 nitrogen and oxygen atoms in total. The van der Waals surface area contributed by atoms with Crippen molar-refractivity contribution in [2.75, 3.05) is 0 Å². The van der Waals surface area contributed by atoms with E-state index in [1.54, 1.807) is 0 Å². The molecule has 2 radical (unpaired) electrons. The van der Waals surface area contributed by atoms with Crippen LogP contribution in [0.15, 0.2) is 0 Å². The van der Waals surface area contributed by atoms with Gasteiger partial charge in [-0.1, -0.05) is 37.9 Å². The van der Waals surface area contributed by atoms with E-state index in [1.165, 1.54) is 0 Å². The molecule has 2 N–H and O–H groups in total. The first-order valence-electron chi connectivity index (χ1n) is 9.56. The number of hydrogen-bond donors (Lipinski definition) is 1. The van der Waals surface area contributed by atoms with Crippen molar-refractivity contribution in [3.63, 3.8) is 0 Å². The summed E-state index contributed by atoms with van der Waals surface area (Å²) >= 11 is 0. The van der Waals surface area contributed by atoms with Gasteiger partial charge in [-0.3, -0.25) is 4.79 Å². The lowest BCUT2D eigenvalue weighted by molar-refractivity contribution is -0.142. The molecule has 2 rings (SSSR count). The molecule has 4 unspecified atom stereocenters. The van der Waals surface area contributed by atoms with Crippen molar-refractivity contribution in [3.8, 4) is 0 Å². The number of amides is 1. The fourth-order valence-corrected chi connectivity index (χ4v) is 5.02. The molecule has 1 aliphatic heterocycles. The first kappa shape index (κ1) is 18.8. The lowest BCUT2D eigenvalue weighted by atomic mass is 9.57. The van der Waals surface area contributed by atoms with Gasteiger partial charge in [-0.05, 0) is 52.4 Å². The number of fused-ring (bicyclic) bond motifs is 1. The summed E-state index contributed by atoms with van der Waals surface area (Å²) in [6.07, 6.45) is 8.97. The van der Waals surface area contributed by atoms with E-state index in [-0.39, 0.29) is 16.9 Å². The number of carbonyl (C=O) groups is 1. The van der Waals surface area contributed by atoms with Crippen LogP contribution in [0.2, 0.25) is 5.31 Å². The molecule has 1 saturated heterocycles. The first-order chi connectivity index (χ1) is 10.7. The Bertz CT molecular complexity index is 424. The Morgan fingerprint density at radius 2 is 2.04 bits per heavy atom. The molecule has 4 heteroatoms. The van der Waals surface area contributed by atoms with E-state index < -0.39 is 0 Å². The lowest BCUT2D eigenvalue weighted by Crippen LogP contribution is -2.54. The Balaban J connectivity index is 2.23. The fraction of sp³-hybridized carbons (Fsp3) is 0.947. The van der Waals surface area contributed by atoms with Crippen LogP contribution in [0.5, 0.6) is 0 Å². The van der Waals surface area contributed by atoms with E-state index in [0.29, 0.717) is 24.3 Å². The van der Waals surface area contributed by atoms with E-state index in [4.69, 9.17) is 13.6 Å². The zero-order valence-corrected chi connectivity index (χ0v) is 15.6. The van der Waals surface area contributed by atoms with Gasteiger partial charge in [0, 0.05) is 24.0 Å². The minimum absolute atomic E-state index is 0.126. The highest BCUT2D eigenvalue weighted by Gasteiger charge is 2.41. The standard InChI is InChI=1S/C19H35BN2O/c1-5-19(20)11-7-6-8-16-15(12-18(4,21)13-19)9-10-17(23)22(16)14(2)3/h14-16H,5-13,21H2,1-4H3. The summed E-state index contributed by atoms with van der Waals surface area (Å²) in [7, 11) is 6.64. The van der Waals surface area contributed by atoms with Gasteiger partial charge >= 0.3 is 0 Å². The summed E-state index contributed by atoms with van der Waals surface area (Å²) in [5.41, 5.74) is 6.46. The van der Waals surface area contributed by atoms with Crippen molar-refractivity contribution in [1.29, 1.82) is 0 Å². The molecule has 4 atom stereocenters. The van der Waals surface area contributed by atoms with Crippen LogP contribution in [-0.2, 0) is 4.79 Å². The van der Waals surface area contributed by atoms with Crippen molar-refractivity contribution in [1.82, 2.24) is 4.90 Å². The van der Waals surface area contributed by atoms with Crippen LogP contribution in [0, 0.1) is 5.92 Å². The average molecular weight is 318 g/mol. The number of rotatable bonds is 2. The van der Waals surface area contributed by atoms with Crippen molar-refractivity contribution < 1.29 is 4.79 Å². The average Bonchev–Trinajstić information content (AvgIpc) is 2.44. The minimum Gasteiger partial charge on any atom is -0.337 e. The molecule has 0 bridgehead atoms. The van der Waals surface area contributed by atoms with Gasteiger partial charge < -0.3 is 10.6 Å². The normalized spacial score (nSPS) is 40.1. The maximum atomic E-state index is 12.4. The Morgan fingerprint density at radius 3 is 2.65 bits per heavy atom. The van der Waals surface area contributed by atoms with Gasteiger partial charge in [-0.2, -0.15) is 0 Å². The molecule has 1 aliphatic carbocycles. The van der Waals surface area contributed by atoms with E-state index >= 15 is 0 Å². The molecule has 2 fully saturated rings. The molecular formula is C19H35BN2O. The molecule has 1 saturated carbocycles. The van der Waals surface area contributed by atoms with Crippen molar-refractivity contribution in [2.24, 2.45) is 11.7 Å². The molecule has 2 aliphatic rings. The third kappa shape index (κ3) is 4.52. The van der Waals surface area contributed by atoms with Crippen molar-refractivity contribution in [2.45, 2.75) is 108 Å². The number of hydrogen-bond acceptors (Lipinski definition) is 2. The van der Waals surface area contributed by atoms with Crippen LogP contribution in [0.1, 0.15) is 85.5 Å². The topological polar surface area (TPSA) is 46.3 Å². The maximum absolute atomic E-state index is 12.4. The van der Waals surface area contributed by atoms with Gasteiger partial charge in [0.25, 0.3) is 0 Å². The third-order valence-corrected chi connectivity index (χ3v) is 6.09. The van der Waals surface area contributed by atoms with Crippen LogP contribution in [-0.4, -0.2) is 36.3 Å². The van der Waals surface area contributed by atoms with Crippen LogP contribution < -0.4 is 5.73 Å². The largest absolute Gasteiger partial charge is 0.337 e. The second-order valence-electron chi connectivity index (χ2n) is 8.76. The predicted octanol–water partition coefficient (Wildman–Crippen LogP) is 3.81. The molecule has 1 amide bonds. The number of likely N-dealkylation sites (tertiary alicyclic amines) is 1. The van der Waals surface area contributed by atoms with Gasteiger partial charge in [0.2, 0.25) is 5.91 Å². The summed E-state index contributed by atoms with van der Waals surface area (Å²) in [6.45, 7) is 8.63. The van der Waals surface area contributed by atoms with Gasteiger partial charge in [0.15, 0.2) is 0 Å². The molecule has 0 aromatic heterocycles. The fourth-order valence-electron chi connectivity index (χ4n) is 5.02. The van der Waals surface area contributed by atoms with Crippen LogP contribution in [0.3, 0.4) is 0 Å². The number of piperidine rings is 1. The Kier molecular flexibility index (Phi) is 5.87. The Labute approximate surface area is 144 Å². The smallest absolute Gasteiger partial charge is 0.223 e. The predicted molar refractivity (Wildman–Crippen MR) is 97.5 cm³/mol. The number of nitrogens with two attached hydrogens (primary N) is 1.